The summed E-state index contributed by atoms with van der Waals surface area (Å²) in [5.41, 5.74) is -0.670. The van der Waals surface area contributed by atoms with Crippen molar-refractivity contribution in [3.8, 4) is 0 Å². The van der Waals surface area contributed by atoms with Crippen LogP contribution in [0.4, 0.5) is 14.5 Å². The Hall–Kier alpha value is -0.980. The van der Waals surface area contributed by atoms with Gasteiger partial charge in [-0.25, -0.2) is 8.78 Å². The molecule has 0 bridgehead atoms. The minimum absolute atomic E-state index is 0.00881. The standard InChI is InChI=1S/C10H9Cl2F2NO3/c1-18-5-10(13,14)4-6-2-7(11)8(12)3-9(6)15(16)17/h2-3H,4-5H2,1H3. The van der Waals surface area contributed by atoms with Gasteiger partial charge in [0.25, 0.3) is 11.6 Å². The van der Waals surface area contributed by atoms with Crippen molar-refractivity contribution in [1.29, 1.82) is 0 Å². The number of nitrogens with zero attached hydrogens (tertiary/aromatic N) is 1. The molecule has 0 aliphatic rings. The molecule has 0 saturated carbocycles. The summed E-state index contributed by atoms with van der Waals surface area (Å²) in [6, 6.07) is 2.04. The Balaban J connectivity index is 3.15. The molecule has 1 aromatic carbocycles. The number of methoxy groups -OCH3 is 1. The maximum Gasteiger partial charge on any atom is 0.275 e. The van der Waals surface area contributed by atoms with E-state index in [1.807, 2.05) is 0 Å². The molecule has 1 aromatic rings. The number of hydrogen-bond donors (Lipinski definition) is 0. The van der Waals surface area contributed by atoms with E-state index in [-0.39, 0.29) is 15.6 Å². The lowest BCUT2D eigenvalue weighted by Crippen LogP contribution is -2.26. The van der Waals surface area contributed by atoms with Crippen LogP contribution in [0.15, 0.2) is 12.1 Å². The first-order valence-electron chi connectivity index (χ1n) is 4.76. The van der Waals surface area contributed by atoms with Crippen molar-refractivity contribution in [1.82, 2.24) is 0 Å². The lowest BCUT2D eigenvalue weighted by atomic mass is 10.1. The first kappa shape index (κ1) is 15.1. The molecule has 8 heteroatoms. The Morgan fingerprint density at radius 3 is 2.44 bits per heavy atom. The lowest BCUT2D eigenvalue weighted by Gasteiger charge is -2.15. The molecule has 0 aliphatic heterocycles. The zero-order valence-corrected chi connectivity index (χ0v) is 10.8. The molecule has 0 N–H and O–H groups in total. The van der Waals surface area contributed by atoms with Crippen LogP contribution < -0.4 is 0 Å². The Morgan fingerprint density at radius 1 is 1.39 bits per heavy atom. The molecule has 0 atom stereocenters. The summed E-state index contributed by atoms with van der Waals surface area (Å²) in [6.45, 7) is -0.829. The van der Waals surface area contributed by atoms with Crippen molar-refractivity contribution in [2.24, 2.45) is 0 Å². The maximum absolute atomic E-state index is 13.4. The fraction of sp³-hybridized carbons (Fsp3) is 0.400. The highest BCUT2D eigenvalue weighted by molar-refractivity contribution is 6.42. The third kappa shape index (κ3) is 3.76. The Labute approximate surface area is 112 Å². The van der Waals surface area contributed by atoms with E-state index in [9.17, 15) is 18.9 Å². The number of halogens is 4. The largest absolute Gasteiger partial charge is 0.378 e. The van der Waals surface area contributed by atoms with Gasteiger partial charge in [-0.3, -0.25) is 10.1 Å². The molecular weight excluding hydrogens is 291 g/mol. The van der Waals surface area contributed by atoms with Crippen LogP contribution >= 0.6 is 23.2 Å². The lowest BCUT2D eigenvalue weighted by molar-refractivity contribution is -0.385. The van der Waals surface area contributed by atoms with Crippen molar-refractivity contribution in [3.05, 3.63) is 37.9 Å². The summed E-state index contributed by atoms with van der Waals surface area (Å²) in [7, 11) is 1.12. The van der Waals surface area contributed by atoms with Crippen LogP contribution in [0.3, 0.4) is 0 Å². The molecule has 0 aromatic heterocycles. The Morgan fingerprint density at radius 2 is 1.94 bits per heavy atom. The number of benzene rings is 1. The molecular formula is C10H9Cl2F2NO3. The van der Waals surface area contributed by atoms with Crippen LogP contribution in [0, 0.1) is 10.1 Å². The predicted octanol–water partition coefficient (Wildman–Crippen LogP) is 3.73. The molecule has 0 amide bonds. The van der Waals surface area contributed by atoms with Gasteiger partial charge >= 0.3 is 0 Å². The first-order valence-corrected chi connectivity index (χ1v) is 5.51. The van der Waals surface area contributed by atoms with Crippen LogP contribution in [-0.4, -0.2) is 24.6 Å². The predicted molar refractivity (Wildman–Crippen MR) is 63.6 cm³/mol. The number of rotatable bonds is 5. The highest BCUT2D eigenvalue weighted by Crippen LogP contribution is 2.33. The van der Waals surface area contributed by atoms with Crippen LogP contribution in [-0.2, 0) is 11.2 Å². The fourth-order valence-electron chi connectivity index (χ4n) is 1.43. The molecule has 0 heterocycles. The Bertz CT molecular complexity index is 469. The summed E-state index contributed by atoms with van der Waals surface area (Å²) in [6.07, 6.45) is -0.839. The molecule has 0 saturated heterocycles. The van der Waals surface area contributed by atoms with E-state index in [2.05, 4.69) is 4.74 Å². The third-order valence-electron chi connectivity index (χ3n) is 2.12. The highest BCUT2D eigenvalue weighted by atomic mass is 35.5. The van der Waals surface area contributed by atoms with Gasteiger partial charge in [-0.1, -0.05) is 23.2 Å². The number of nitro groups is 1. The monoisotopic (exact) mass is 299 g/mol. The van der Waals surface area contributed by atoms with Gasteiger partial charge in [0.15, 0.2) is 0 Å². The Kier molecular flexibility index (Phi) is 4.84. The van der Waals surface area contributed by atoms with Gasteiger partial charge in [0.1, 0.15) is 6.61 Å². The average molecular weight is 300 g/mol. The van der Waals surface area contributed by atoms with E-state index >= 15 is 0 Å². The summed E-state index contributed by atoms with van der Waals surface area (Å²) in [5, 5.41) is 10.7. The van der Waals surface area contributed by atoms with E-state index in [1.54, 1.807) is 0 Å². The van der Waals surface area contributed by atoms with E-state index in [0.29, 0.717) is 0 Å². The van der Waals surface area contributed by atoms with E-state index in [0.717, 1.165) is 19.2 Å². The minimum atomic E-state index is -3.21. The van der Waals surface area contributed by atoms with Crippen LogP contribution in [0.1, 0.15) is 5.56 Å². The quantitative estimate of drug-likeness (QED) is 0.615. The van der Waals surface area contributed by atoms with Crippen molar-refractivity contribution in [2.45, 2.75) is 12.3 Å². The molecule has 0 radical (unpaired) electrons. The van der Waals surface area contributed by atoms with Crippen LogP contribution in [0.25, 0.3) is 0 Å². The summed E-state index contributed by atoms with van der Waals surface area (Å²) >= 11 is 11.3. The second-order valence-corrected chi connectivity index (χ2v) is 4.43. The molecule has 4 nitrogen and oxygen atoms in total. The van der Waals surface area contributed by atoms with Gasteiger partial charge in [-0.2, -0.15) is 0 Å². The van der Waals surface area contributed by atoms with Gasteiger partial charge in [0.05, 0.1) is 15.0 Å². The SMILES string of the molecule is COCC(F)(F)Cc1cc(Cl)c(Cl)cc1[N+](=O)[O-]. The molecule has 0 spiro atoms. The summed E-state index contributed by atoms with van der Waals surface area (Å²) in [5.74, 6) is -3.21. The number of ether oxygens (including phenoxy) is 1. The van der Waals surface area contributed by atoms with Gasteiger partial charge in [0, 0.05) is 25.2 Å². The zero-order chi connectivity index (χ0) is 13.9. The molecule has 0 aliphatic carbocycles. The highest BCUT2D eigenvalue weighted by Gasteiger charge is 2.33. The average Bonchev–Trinajstić information content (AvgIpc) is 2.22. The fourth-order valence-corrected chi connectivity index (χ4v) is 1.77. The third-order valence-corrected chi connectivity index (χ3v) is 2.84. The van der Waals surface area contributed by atoms with Gasteiger partial charge in [-0.15, -0.1) is 0 Å². The van der Waals surface area contributed by atoms with Crippen molar-refractivity contribution in [3.63, 3.8) is 0 Å². The summed E-state index contributed by atoms with van der Waals surface area (Å²) in [4.78, 5) is 9.98. The van der Waals surface area contributed by atoms with Crippen molar-refractivity contribution < 1.29 is 18.4 Å². The first-order chi connectivity index (χ1) is 8.26. The normalized spacial score (nSPS) is 11.6. The van der Waals surface area contributed by atoms with Gasteiger partial charge in [-0.05, 0) is 6.07 Å². The molecule has 18 heavy (non-hydrogen) atoms. The van der Waals surface area contributed by atoms with E-state index in [4.69, 9.17) is 23.2 Å². The van der Waals surface area contributed by atoms with Crippen LogP contribution in [0.5, 0.6) is 0 Å². The minimum Gasteiger partial charge on any atom is -0.378 e. The number of alkyl halides is 2. The topological polar surface area (TPSA) is 52.4 Å². The number of nitro benzene ring substituents is 1. The summed E-state index contributed by atoms with van der Waals surface area (Å²) < 4.78 is 31.1. The second kappa shape index (κ2) is 5.77. The second-order valence-electron chi connectivity index (χ2n) is 3.62. The zero-order valence-electron chi connectivity index (χ0n) is 9.25. The van der Waals surface area contributed by atoms with E-state index < -0.39 is 29.6 Å². The van der Waals surface area contributed by atoms with Crippen LogP contribution in [0.2, 0.25) is 10.0 Å². The molecule has 100 valence electrons. The van der Waals surface area contributed by atoms with Crippen molar-refractivity contribution >= 4 is 28.9 Å². The van der Waals surface area contributed by atoms with E-state index in [1.165, 1.54) is 0 Å². The molecule has 0 unspecified atom stereocenters. The number of hydrogen-bond acceptors (Lipinski definition) is 3. The van der Waals surface area contributed by atoms with Crippen molar-refractivity contribution in [2.75, 3.05) is 13.7 Å². The molecule has 0 fully saturated rings. The maximum atomic E-state index is 13.4. The smallest absolute Gasteiger partial charge is 0.275 e. The molecule has 1 rings (SSSR count). The van der Waals surface area contributed by atoms with Gasteiger partial charge < -0.3 is 4.74 Å². The van der Waals surface area contributed by atoms with Gasteiger partial charge in [0.2, 0.25) is 0 Å².